The number of aliphatic hydroxyl groups excluding tert-OH is 1. The highest BCUT2D eigenvalue weighted by Crippen LogP contribution is 2.23. The maximum Gasteiger partial charge on any atom is 0.258 e. The number of hydrogen-bond donors (Lipinski definition) is 1. The van der Waals surface area contributed by atoms with Crippen LogP contribution in [-0.4, -0.2) is 38.1 Å². The van der Waals surface area contributed by atoms with Crippen LogP contribution in [0.25, 0.3) is 4.96 Å². The minimum absolute atomic E-state index is 0.0162. The smallest absolute Gasteiger partial charge is 0.258 e. The van der Waals surface area contributed by atoms with E-state index in [1.54, 1.807) is 16.7 Å². The summed E-state index contributed by atoms with van der Waals surface area (Å²) in [5, 5.41) is 11.4. The van der Waals surface area contributed by atoms with E-state index in [0.29, 0.717) is 12.6 Å². The molecule has 0 bridgehead atoms. The summed E-state index contributed by atoms with van der Waals surface area (Å²) in [6.45, 7) is 3.54. The lowest BCUT2D eigenvalue weighted by Gasteiger charge is -2.24. The Bertz CT molecular complexity index is 649. The summed E-state index contributed by atoms with van der Waals surface area (Å²) in [6, 6.07) is 2.02. The number of thiazole rings is 1. The fourth-order valence-electron chi connectivity index (χ4n) is 2.94. The molecule has 1 aliphatic rings. The van der Waals surface area contributed by atoms with Gasteiger partial charge in [0.05, 0.1) is 11.8 Å². The lowest BCUT2D eigenvalue weighted by atomic mass is 10.1. The SMILES string of the molecule is CC(O)CC1CCCN1Cc1cc(=O)n2ccsc2n1. The fourth-order valence-corrected chi connectivity index (χ4v) is 3.68. The van der Waals surface area contributed by atoms with Crippen molar-refractivity contribution in [3.8, 4) is 0 Å². The second-order valence-corrected chi connectivity index (χ2v) is 6.37. The van der Waals surface area contributed by atoms with Crippen LogP contribution in [0.1, 0.15) is 31.9 Å². The molecule has 0 aromatic carbocycles. The first-order valence-corrected chi connectivity index (χ1v) is 7.89. The molecule has 5 nitrogen and oxygen atoms in total. The Morgan fingerprint density at radius 2 is 2.45 bits per heavy atom. The van der Waals surface area contributed by atoms with E-state index < -0.39 is 0 Å². The molecule has 1 N–H and O–H groups in total. The molecule has 2 atom stereocenters. The van der Waals surface area contributed by atoms with Gasteiger partial charge in [0.25, 0.3) is 5.56 Å². The molecule has 0 saturated carbocycles. The summed E-state index contributed by atoms with van der Waals surface area (Å²) in [5.41, 5.74) is 0.812. The summed E-state index contributed by atoms with van der Waals surface area (Å²) >= 11 is 1.48. The van der Waals surface area contributed by atoms with Gasteiger partial charge in [-0.2, -0.15) is 0 Å². The Kier molecular flexibility index (Phi) is 3.87. The van der Waals surface area contributed by atoms with E-state index in [1.807, 2.05) is 12.3 Å². The topological polar surface area (TPSA) is 57.8 Å². The van der Waals surface area contributed by atoms with Crippen LogP contribution in [0.15, 0.2) is 22.4 Å². The maximum absolute atomic E-state index is 12.0. The van der Waals surface area contributed by atoms with Crippen molar-refractivity contribution in [2.45, 2.75) is 44.9 Å². The highest BCUT2D eigenvalue weighted by molar-refractivity contribution is 7.15. The molecule has 1 fully saturated rings. The van der Waals surface area contributed by atoms with Crippen molar-refractivity contribution in [3.63, 3.8) is 0 Å². The largest absolute Gasteiger partial charge is 0.393 e. The molecule has 0 spiro atoms. The molecule has 2 aromatic heterocycles. The molecular formula is C14H19N3O2S. The van der Waals surface area contributed by atoms with Crippen LogP contribution >= 0.6 is 11.3 Å². The first kappa shape index (κ1) is 13.7. The normalized spacial score (nSPS) is 21.6. The zero-order valence-electron chi connectivity index (χ0n) is 11.5. The maximum atomic E-state index is 12.0. The summed E-state index contributed by atoms with van der Waals surface area (Å²) in [4.78, 5) is 19.6. The van der Waals surface area contributed by atoms with Crippen molar-refractivity contribution in [2.75, 3.05) is 6.54 Å². The number of fused-ring (bicyclic) bond motifs is 1. The van der Waals surface area contributed by atoms with Crippen molar-refractivity contribution in [1.82, 2.24) is 14.3 Å². The fraction of sp³-hybridized carbons (Fsp3) is 0.571. The van der Waals surface area contributed by atoms with Crippen LogP contribution in [0.2, 0.25) is 0 Å². The van der Waals surface area contributed by atoms with Crippen LogP contribution in [-0.2, 0) is 6.54 Å². The van der Waals surface area contributed by atoms with Gasteiger partial charge in [-0.3, -0.25) is 14.1 Å². The highest BCUT2D eigenvalue weighted by atomic mass is 32.1. The van der Waals surface area contributed by atoms with Crippen LogP contribution < -0.4 is 5.56 Å². The van der Waals surface area contributed by atoms with E-state index in [2.05, 4.69) is 9.88 Å². The highest BCUT2D eigenvalue weighted by Gasteiger charge is 2.26. The van der Waals surface area contributed by atoms with Gasteiger partial charge in [0, 0.05) is 30.2 Å². The van der Waals surface area contributed by atoms with Crippen molar-refractivity contribution in [2.24, 2.45) is 0 Å². The number of rotatable bonds is 4. The molecule has 2 aromatic rings. The van der Waals surface area contributed by atoms with E-state index in [-0.39, 0.29) is 11.7 Å². The van der Waals surface area contributed by atoms with Crippen molar-refractivity contribution < 1.29 is 5.11 Å². The van der Waals surface area contributed by atoms with Gasteiger partial charge in [-0.25, -0.2) is 4.98 Å². The molecule has 3 heterocycles. The molecule has 1 aliphatic heterocycles. The number of likely N-dealkylation sites (tertiary alicyclic amines) is 1. The van der Waals surface area contributed by atoms with Gasteiger partial charge >= 0.3 is 0 Å². The molecule has 2 unspecified atom stereocenters. The van der Waals surface area contributed by atoms with Crippen LogP contribution in [0.4, 0.5) is 0 Å². The van der Waals surface area contributed by atoms with Crippen molar-refractivity contribution in [3.05, 3.63) is 33.7 Å². The Balaban J connectivity index is 1.80. The van der Waals surface area contributed by atoms with E-state index in [9.17, 15) is 9.90 Å². The Labute approximate surface area is 121 Å². The molecular weight excluding hydrogens is 274 g/mol. The number of hydrogen-bond acceptors (Lipinski definition) is 5. The van der Waals surface area contributed by atoms with E-state index in [4.69, 9.17) is 0 Å². The van der Waals surface area contributed by atoms with Gasteiger partial charge in [-0.15, -0.1) is 11.3 Å². The molecule has 1 saturated heterocycles. The minimum Gasteiger partial charge on any atom is -0.393 e. The van der Waals surface area contributed by atoms with Gasteiger partial charge in [-0.1, -0.05) is 0 Å². The van der Waals surface area contributed by atoms with Gasteiger partial charge in [0.1, 0.15) is 0 Å². The number of nitrogens with zero attached hydrogens (tertiary/aromatic N) is 3. The number of aliphatic hydroxyl groups is 1. The Morgan fingerprint density at radius 3 is 3.25 bits per heavy atom. The van der Waals surface area contributed by atoms with Crippen LogP contribution in [0.5, 0.6) is 0 Å². The van der Waals surface area contributed by atoms with E-state index in [1.165, 1.54) is 11.3 Å². The van der Waals surface area contributed by atoms with Gasteiger partial charge in [0.2, 0.25) is 0 Å². The lowest BCUT2D eigenvalue weighted by Crippen LogP contribution is -2.32. The predicted molar refractivity (Wildman–Crippen MR) is 79.1 cm³/mol. The van der Waals surface area contributed by atoms with Crippen molar-refractivity contribution >= 4 is 16.3 Å². The minimum atomic E-state index is -0.279. The first-order valence-electron chi connectivity index (χ1n) is 7.01. The molecule has 20 heavy (non-hydrogen) atoms. The molecule has 6 heteroatoms. The van der Waals surface area contributed by atoms with Gasteiger partial charge in [-0.05, 0) is 32.7 Å². The first-order chi connectivity index (χ1) is 9.63. The van der Waals surface area contributed by atoms with E-state index in [0.717, 1.165) is 36.5 Å². The summed E-state index contributed by atoms with van der Waals surface area (Å²) in [7, 11) is 0. The molecule has 108 valence electrons. The summed E-state index contributed by atoms with van der Waals surface area (Å²) < 4.78 is 1.57. The van der Waals surface area contributed by atoms with Crippen LogP contribution in [0, 0.1) is 0 Å². The molecule has 0 aliphatic carbocycles. The average molecular weight is 293 g/mol. The Morgan fingerprint density at radius 1 is 1.60 bits per heavy atom. The van der Waals surface area contributed by atoms with Gasteiger partial charge in [0.15, 0.2) is 4.96 Å². The lowest BCUT2D eigenvalue weighted by molar-refractivity contribution is 0.130. The average Bonchev–Trinajstić information content (AvgIpc) is 2.99. The second-order valence-electron chi connectivity index (χ2n) is 5.49. The number of aromatic nitrogens is 2. The third-order valence-corrected chi connectivity index (χ3v) is 4.59. The quantitative estimate of drug-likeness (QED) is 0.928. The molecule has 0 radical (unpaired) electrons. The molecule has 3 rings (SSSR count). The second kappa shape index (κ2) is 5.63. The third kappa shape index (κ3) is 2.77. The third-order valence-electron chi connectivity index (χ3n) is 3.83. The predicted octanol–water partition coefficient (Wildman–Crippen LogP) is 1.49. The Hall–Kier alpha value is -1.24. The summed E-state index contributed by atoms with van der Waals surface area (Å²) in [6.07, 6.45) is 4.53. The van der Waals surface area contributed by atoms with Crippen molar-refractivity contribution in [1.29, 1.82) is 0 Å². The summed E-state index contributed by atoms with van der Waals surface area (Å²) in [5.74, 6) is 0. The molecule has 0 amide bonds. The zero-order chi connectivity index (χ0) is 14.1. The standard InChI is InChI=1S/C14H19N3O2S/c1-10(18)7-12-3-2-4-16(12)9-11-8-13(19)17-5-6-20-14(17)15-11/h5-6,8,10,12,18H,2-4,7,9H2,1H3. The van der Waals surface area contributed by atoms with Gasteiger partial charge < -0.3 is 5.11 Å². The van der Waals surface area contributed by atoms with Crippen LogP contribution in [0.3, 0.4) is 0 Å². The zero-order valence-corrected chi connectivity index (χ0v) is 12.3. The monoisotopic (exact) mass is 293 g/mol. The van der Waals surface area contributed by atoms with E-state index >= 15 is 0 Å².